The summed E-state index contributed by atoms with van der Waals surface area (Å²) in [4.78, 5) is 9.03. The molecule has 0 amide bonds. The first-order valence-corrected chi connectivity index (χ1v) is 6.71. The molecule has 100 valence electrons. The van der Waals surface area contributed by atoms with Crippen molar-refractivity contribution in [2.45, 2.75) is 0 Å². The minimum absolute atomic E-state index is 0.184. The van der Waals surface area contributed by atoms with Crippen molar-refractivity contribution in [3.05, 3.63) is 60.7 Å². The molecule has 0 aliphatic carbocycles. The van der Waals surface area contributed by atoms with Crippen molar-refractivity contribution >= 4 is 7.91 Å². The van der Waals surface area contributed by atoms with Crippen LogP contribution in [-0.2, 0) is 13.9 Å². The van der Waals surface area contributed by atoms with Gasteiger partial charge in [-0.1, -0.05) is 45.7 Å². The third-order valence-corrected chi connectivity index (χ3v) is 2.44. The zero-order valence-corrected chi connectivity index (χ0v) is 10.5. The van der Waals surface area contributed by atoms with Gasteiger partial charge in [-0.05, 0) is 24.3 Å². The molecule has 7 heteroatoms. The standard InChI is InChI=1S/C12H10FO5P/c13-19(14,17-15-11-7-3-1-4-8-11)18-16-12-9-5-2-6-10-12/h1-10H. The topological polar surface area (TPSA) is 54.0 Å². The summed E-state index contributed by atoms with van der Waals surface area (Å²) in [6.07, 6.45) is 0. The van der Waals surface area contributed by atoms with E-state index in [2.05, 4.69) is 19.1 Å². The Hall–Kier alpha value is -1.88. The predicted molar refractivity (Wildman–Crippen MR) is 65.0 cm³/mol. The maximum absolute atomic E-state index is 13.3. The molecule has 5 nitrogen and oxygen atoms in total. The monoisotopic (exact) mass is 284 g/mol. The van der Waals surface area contributed by atoms with Gasteiger partial charge in [0.15, 0.2) is 11.5 Å². The summed E-state index contributed by atoms with van der Waals surface area (Å²) < 4.78 is 32.7. The van der Waals surface area contributed by atoms with Crippen molar-refractivity contribution in [3.63, 3.8) is 0 Å². The first-order chi connectivity index (χ1) is 9.16. The number of hydrogen-bond donors (Lipinski definition) is 0. The zero-order chi connectivity index (χ0) is 13.6. The molecule has 0 bridgehead atoms. The number of rotatable bonds is 6. The zero-order valence-electron chi connectivity index (χ0n) is 9.64. The van der Waals surface area contributed by atoms with E-state index >= 15 is 0 Å². The van der Waals surface area contributed by atoms with Crippen LogP contribution in [0.15, 0.2) is 60.7 Å². The van der Waals surface area contributed by atoms with Crippen LogP contribution in [0.3, 0.4) is 0 Å². The van der Waals surface area contributed by atoms with Crippen LogP contribution in [0.1, 0.15) is 0 Å². The Kier molecular flexibility index (Phi) is 4.52. The van der Waals surface area contributed by atoms with Gasteiger partial charge in [-0.2, -0.15) is 0 Å². The van der Waals surface area contributed by atoms with E-state index in [-0.39, 0.29) is 11.5 Å². The Morgan fingerprint density at radius 3 is 1.47 bits per heavy atom. The number of halogens is 1. The third-order valence-electron chi connectivity index (χ3n) is 1.93. The Balaban J connectivity index is 1.84. The van der Waals surface area contributed by atoms with E-state index in [1.54, 1.807) is 36.4 Å². The molecular formula is C12H10FO5P. The minimum atomic E-state index is -4.97. The van der Waals surface area contributed by atoms with Gasteiger partial charge in [0.2, 0.25) is 0 Å². The molecule has 0 N–H and O–H groups in total. The molecule has 0 aliphatic heterocycles. The Morgan fingerprint density at radius 2 is 1.11 bits per heavy atom. The molecule has 2 aromatic carbocycles. The summed E-state index contributed by atoms with van der Waals surface area (Å²) in [6.45, 7) is 0. The molecule has 0 atom stereocenters. The molecule has 0 fully saturated rings. The van der Waals surface area contributed by atoms with E-state index < -0.39 is 7.91 Å². The average molecular weight is 284 g/mol. The van der Waals surface area contributed by atoms with E-state index in [9.17, 15) is 8.76 Å². The third kappa shape index (κ3) is 4.71. The number of benzene rings is 2. The lowest BCUT2D eigenvalue weighted by Gasteiger charge is -2.08. The fraction of sp³-hybridized carbons (Fsp3) is 0. The minimum Gasteiger partial charge on any atom is -0.327 e. The molecule has 0 heterocycles. The van der Waals surface area contributed by atoms with E-state index in [1.807, 2.05) is 0 Å². The summed E-state index contributed by atoms with van der Waals surface area (Å²) in [5.41, 5.74) is 0. The van der Waals surface area contributed by atoms with E-state index in [0.717, 1.165) is 0 Å². The van der Waals surface area contributed by atoms with Crippen LogP contribution < -0.4 is 9.78 Å². The van der Waals surface area contributed by atoms with Gasteiger partial charge in [-0.25, -0.2) is 4.57 Å². The Labute approximate surface area is 109 Å². The van der Waals surface area contributed by atoms with Crippen LogP contribution in [-0.4, -0.2) is 0 Å². The summed E-state index contributed by atoms with van der Waals surface area (Å²) in [7, 11) is -4.97. The highest BCUT2D eigenvalue weighted by atomic mass is 31.2. The largest absolute Gasteiger partial charge is 0.586 e. The molecule has 2 rings (SSSR count). The van der Waals surface area contributed by atoms with Crippen molar-refractivity contribution in [1.29, 1.82) is 0 Å². The molecule has 19 heavy (non-hydrogen) atoms. The lowest BCUT2D eigenvalue weighted by Crippen LogP contribution is -1.99. The number of para-hydroxylation sites is 2. The van der Waals surface area contributed by atoms with E-state index in [0.29, 0.717) is 0 Å². The highest BCUT2D eigenvalue weighted by molar-refractivity contribution is 7.47. The van der Waals surface area contributed by atoms with Gasteiger partial charge in [-0.3, -0.25) is 0 Å². The first-order valence-electron chi connectivity index (χ1n) is 5.28. The van der Waals surface area contributed by atoms with Crippen molar-refractivity contribution < 1.29 is 27.9 Å². The van der Waals surface area contributed by atoms with Gasteiger partial charge in [0.1, 0.15) is 0 Å². The Morgan fingerprint density at radius 1 is 0.737 bits per heavy atom. The van der Waals surface area contributed by atoms with Crippen LogP contribution in [0.2, 0.25) is 0 Å². The molecule has 0 radical (unpaired) electrons. The molecule has 2 aromatic rings. The summed E-state index contributed by atoms with van der Waals surface area (Å²) >= 11 is 0. The number of hydrogen-bond acceptors (Lipinski definition) is 5. The second-order valence-corrected chi connectivity index (χ2v) is 4.53. The Bertz CT molecular complexity index is 501. The molecule has 0 saturated carbocycles. The van der Waals surface area contributed by atoms with Crippen LogP contribution in [0.4, 0.5) is 4.20 Å². The van der Waals surface area contributed by atoms with E-state index in [1.165, 1.54) is 24.3 Å². The average Bonchev–Trinajstić information content (AvgIpc) is 2.46. The highest BCUT2D eigenvalue weighted by Gasteiger charge is 2.29. The van der Waals surface area contributed by atoms with Crippen LogP contribution >= 0.6 is 7.91 Å². The molecule has 0 aliphatic rings. The first kappa shape index (κ1) is 13.5. The molecule has 0 saturated heterocycles. The predicted octanol–water partition coefficient (Wildman–Crippen LogP) is 4.09. The maximum Gasteiger partial charge on any atom is 0.586 e. The van der Waals surface area contributed by atoms with Gasteiger partial charge in [0.05, 0.1) is 0 Å². The van der Waals surface area contributed by atoms with Crippen molar-refractivity contribution in [3.8, 4) is 11.5 Å². The second-order valence-electron chi connectivity index (χ2n) is 3.37. The van der Waals surface area contributed by atoms with Gasteiger partial charge in [0.25, 0.3) is 0 Å². The van der Waals surface area contributed by atoms with Crippen LogP contribution in [0.5, 0.6) is 11.5 Å². The van der Waals surface area contributed by atoms with Crippen LogP contribution in [0.25, 0.3) is 0 Å². The van der Waals surface area contributed by atoms with Crippen molar-refractivity contribution in [2.75, 3.05) is 0 Å². The fourth-order valence-corrected chi connectivity index (χ4v) is 1.51. The van der Waals surface area contributed by atoms with Crippen LogP contribution in [0, 0.1) is 0 Å². The maximum atomic E-state index is 13.3. The molecular weight excluding hydrogens is 274 g/mol. The van der Waals surface area contributed by atoms with E-state index in [4.69, 9.17) is 0 Å². The smallest absolute Gasteiger partial charge is 0.327 e. The fourth-order valence-electron chi connectivity index (χ4n) is 1.14. The van der Waals surface area contributed by atoms with Gasteiger partial charge < -0.3 is 9.78 Å². The summed E-state index contributed by atoms with van der Waals surface area (Å²) in [5, 5.41) is 0. The quantitative estimate of drug-likeness (QED) is 0.454. The SMILES string of the molecule is O=P(F)(OOc1ccccc1)OOc1ccccc1. The summed E-state index contributed by atoms with van der Waals surface area (Å²) in [6, 6.07) is 16.0. The second kappa shape index (κ2) is 6.33. The highest BCUT2D eigenvalue weighted by Crippen LogP contribution is 2.50. The molecule has 0 aromatic heterocycles. The molecule has 0 spiro atoms. The molecule has 0 unspecified atom stereocenters. The van der Waals surface area contributed by atoms with Gasteiger partial charge in [0, 0.05) is 0 Å². The van der Waals surface area contributed by atoms with Crippen molar-refractivity contribution in [1.82, 2.24) is 0 Å². The lowest BCUT2D eigenvalue weighted by atomic mass is 10.3. The summed E-state index contributed by atoms with van der Waals surface area (Å²) in [5.74, 6) is 0.368. The van der Waals surface area contributed by atoms with Gasteiger partial charge >= 0.3 is 7.91 Å². The van der Waals surface area contributed by atoms with Crippen molar-refractivity contribution in [2.24, 2.45) is 0 Å². The normalized spacial score (nSPS) is 11.0. The van der Waals surface area contributed by atoms with Gasteiger partial charge in [-0.15, -0.1) is 4.20 Å². The lowest BCUT2D eigenvalue weighted by molar-refractivity contribution is -0.181.